The standard InChI is InChI=1S/C17H18N4/c1-11(18-3)15-10-20-17(21-12(15)2)14-6-7-16-13(9-14)5-4-8-19-16/h4-11,18H,1-3H3. The number of hydrogen-bond acceptors (Lipinski definition) is 4. The van der Waals surface area contributed by atoms with Crippen LogP contribution in [-0.4, -0.2) is 22.0 Å². The molecule has 106 valence electrons. The minimum Gasteiger partial charge on any atom is -0.313 e. The van der Waals surface area contributed by atoms with Gasteiger partial charge in [-0.25, -0.2) is 9.97 Å². The fraction of sp³-hybridized carbons (Fsp3) is 0.235. The average molecular weight is 278 g/mol. The molecule has 1 N–H and O–H groups in total. The molecule has 21 heavy (non-hydrogen) atoms. The molecule has 3 rings (SSSR count). The van der Waals surface area contributed by atoms with Crippen molar-refractivity contribution in [2.24, 2.45) is 0 Å². The zero-order valence-electron chi connectivity index (χ0n) is 12.5. The van der Waals surface area contributed by atoms with E-state index in [9.17, 15) is 0 Å². The van der Waals surface area contributed by atoms with Crippen molar-refractivity contribution in [2.45, 2.75) is 19.9 Å². The number of rotatable bonds is 3. The smallest absolute Gasteiger partial charge is 0.159 e. The molecule has 0 spiro atoms. The SMILES string of the molecule is CNC(C)c1cnc(-c2ccc3ncccc3c2)nc1C. The molecule has 2 heterocycles. The molecule has 0 aliphatic heterocycles. The number of hydrogen-bond donors (Lipinski definition) is 1. The third-order valence-corrected chi connectivity index (χ3v) is 3.78. The molecule has 0 amide bonds. The van der Waals surface area contributed by atoms with Crippen molar-refractivity contribution in [3.8, 4) is 11.4 Å². The minimum atomic E-state index is 0.250. The van der Waals surface area contributed by atoms with E-state index < -0.39 is 0 Å². The van der Waals surface area contributed by atoms with Crippen molar-refractivity contribution in [1.82, 2.24) is 20.3 Å². The van der Waals surface area contributed by atoms with Gasteiger partial charge in [0.1, 0.15) is 0 Å². The molecule has 0 bridgehead atoms. The highest BCUT2D eigenvalue weighted by atomic mass is 14.9. The molecular weight excluding hydrogens is 260 g/mol. The maximum absolute atomic E-state index is 4.65. The Morgan fingerprint density at radius 3 is 2.76 bits per heavy atom. The predicted molar refractivity (Wildman–Crippen MR) is 85.0 cm³/mol. The monoisotopic (exact) mass is 278 g/mol. The molecule has 4 nitrogen and oxygen atoms in total. The van der Waals surface area contributed by atoms with E-state index in [0.717, 1.165) is 33.5 Å². The molecule has 0 saturated heterocycles. The van der Waals surface area contributed by atoms with Gasteiger partial charge in [-0.15, -0.1) is 0 Å². The van der Waals surface area contributed by atoms with E-state index >= 15 is 0 Å². The first kappa shape index (κ1) is 13.6. The van der Waals surface area contributed by atoms with Crippen LogP contribution >= 0.6 is 0 Å². The van der Waals surface area contributed by atoms with Crippen LogP contribution in [-0.2, 0) is 0 Å². The van der Waals surface area contributed by atoms with Gasteiger partial charge in [-0.05, 0) is 45.2 Å². The van der Waals surface area contributed by atoms with Crippen LogP contribution in [0.1, 0.15) is 24.2 Å². The Morgan fingerprint density at radius 1 is 1.14 bits per heavy atom. The van der Waals surface area contributed by atoms with Gasteiger partial charge in [-0.3, -0.25) is 4.98 Å². The molecule has 3 aromatic rings. The predicted octanol–water partition coefficient (Wildman–Crippen LogP) is 3.28. The molecule has 0 aliphatic rings. The van der Waals surface area contributed by atoms with Crippen LogP contribution in [0.4, 0.5) is 0 Å². The molecule has 1 unspecified atom stereocenters. The van der Waals surface area contributed by atoms with Crippen molar-refractivity contribution in [1.29, 1.82) is 0 Å². The van der Waals surface area contributed by atoms with Gasteiger partial charge in [0.05, 0.1) is 5.52 Å². The lowest BCUT2D eigenvalue weighted by Gasteiger charge is -2.13. The minimum absolute atomic E-state index is 0.250. The van der Waals surface area contributed by atoms with Crippen molar-refractivity contribution in [2.75, 3.05) is 7.05 Å². The summed E-state index contributed by atoms with van der Waals surface area (Å²) in [4.78, 5) is 13.5. The van der Waals surface area contributed by atoms with E-state index in [4.69, 9.17) is 0 Å². The number of fused-ring (bicyclic) bond motifs is 1. The Balaban J connectivity index is 2.04. The Kier molecular flexibility index (Phi) is 3.62. The summed E-state index contributed by atoms with van der Waals surface area (Å²) in [6.45, 7) is 4.13. The summed E-state index contributed by atoms with van der Waals surface area (Å²) >= 11 is 0. The Hall–Kier alpha value is -2.33. The molecule has 2 aromatic heterocycles. The second-order valence-electron chi connectivity index (χ2n) is 5.16. The van der Waals surface area contributed by atoms with Gasteiger partial charge in [-0.2, -0.15) is 0 Å². The van der Waals surface area contributed by atoms with Crippen LogP contribution < -0.4 is 5.32 Å². The number of aromatic nitrogens is 3. The number of nitrogens with one attached hydrogen (secondary N) is 1. The summed E-state index contributed by atoms with van der Waals surface area (Å²) in [5.74, 6) is 0.755. The normalized spacial score (nSPS) is 12.5. The fourth-order valence-corrected chi connectivity index (χ4v) is 2.41. The van der Waals surface area contributed by atoms with Crippen molar-refractivity contribution >= 4 is 10.9 Å². The van der Waals surface area contributed by atoms with Gasteiger partial charge in [0.2, 0.25) is 0 Å². The highest BCUT2D eigenvalue weighted by Gasteiger charge is 2.10. The summed E-state index contributed by atoms with van der Waals surface area (Å²) < 4.78 is 0. The van der Waals surface area contributed by atoms with Gasteiger partial charge < -0.3 is 5.32 Å². The molecule has 1 atom stereocenters. The van der Waals surface area contributed by atoms with Crippen LogP contribution in [0.2, 0.25) is 0 Å². The highest BCUT2D eigenvalue weighted by Crippen LogP contribution is 2.22. The second kappa shape index (κ2) is 5.58. The zero-order chi connectivity index (χ0) is 14.8. The van der Waals surface area contributed by atoms with E-state index in [1.807, 2.05) is 38.4 Å². The largest absolute Gasteiger partial charge is 0.313 e. The summed E-state index contributed by atoms with van der Waals surface area (Å²) in [5.41, 5.74) is 4.14. The van der Waals surface area contributed by atoms with E-state index in [1.54, 1.807) is 6.20 Å². The topological polar surface area (TPSA) is 50.7 Å². The molecule has 0 radical (unpaired) electrons. The first-order valence-corrected chi connectivity index (χ1v) is 7.05. The summed E-state index contributed by atoms with van der Waals surface area (Å²) in [6, 6.07) is 10.4. The van der Waals surface area contributed by atoms with Crippen LogP contribution in [0.25, 0.3) is 22.3 Å². The molecule has 0 saturated carbocycles. The highest BCUT2D eigenvalue weighted by molar-refractivity contribution is 5.83. The Morgan fingerprint density at radius 2 is 2.00 bits per heavy atom. The van der Waals surface area contributed by atoms with E-state index in [2.05, 4.69) is 39.3 Å². The van der Waals surface area contributed by atoms with E-state index in [0.29, 0.717) is 0 Å². The number of pyridine rings is 1. The zero-order valence-corrected chi connectivity index (χ0v) is 12.5. The van der Waals surface area contributed by atoms with Gasteiger partial charge in [0, 0.05) is 40.6 Å². The van der Waals surface area contributed by atoms with Crippen LogP contribution in [0.5, 0.6) is 0 Å². The van der Waals surface area contributed by atoms with Gasteiger partial charge in [0.25, 0.3) is 0 Å². The maximum atomic E-state index is 4.65. The maximum Gasteiger partial charge on any atom is 0.159 e. The fourth-order valence-electron chi connectivity index (χ4n) is 2.41. The average Bonchev–Trinajstić information content (AvgIpc) is 2.53. The van der Waals surface area contributed by atoms with E-state index in [1.165, 1.54) is 0 Å². The third-order valence-electron chi connectivity index (χ3n) is 3.78. The molecule has 1 aromatic carbocycles. The summed E-state index contributed by atoms with van der Waals surface area (Å²) in [7, 11) is 1.94. The van der Waals surface area contributed by atoms with Crippen molar-refractivity contribution in [3.05, 3.63) is 54.0 Å². The summed E-state index contributed by atoms with van der Waals surface area (Å²) in [6.07, 6.45) is 3.71. The molecule has 0 aliphatic carbocycles. The summed E-state index contributed by atoms with van der Waals surface area (Å²) in [5, 5.41) is 4.32. The second-order valence-corrected chi connectivity index (χ2v) is 5.16. The lowest BCUT2D eigenvalue weighted by Crippen LogP contribution is -2.14. The lowest BCUT2D eigenvalue weighted by molar-refractivity contribution is 0.641. The van der Waals surface area contributed by atoms with Crippen molar-refractivity contribution < 1.29 is 0 Å². The first-order chi connectivity index (χ1) is 10.2. The van der Waals surface area contributed by atoms with Crippen LogP contribution in [0.15, 0.2) is 42.7 Å². The number of nitrogens with zero attached hydrogens (tertiary/aromatic N) is 3. The Bertz CT molecular complexity index is 783. The first-order valence-electron chi connectivity index (χ1n) is 7.05. The van der Waals surface area contributed by atoms with Crippen LogP contribution in [0, 0.1) is 6.92 Å². The molecule has 0 fully saturated rings. The number of aryl methyl sites for hydroxylation is 1. The van der Waals surface area contributed by atoms with Gasteiger partial charge >= 0.3 is 0 Å². The van der Waals surface area contributed by atoms with E-state index in [-0.39, 0.29) is 6.04 Å². The van der Waals surface area contributed by atoms with Gasteiger partial charge in [-0.1, -0.05) is 6.07 Å². The quantitative estimate of drug-likeness (QED) is 0.798. The third kappa shape index (κ3) is 2.62. The molecular formula is C17H18N4. The lowest BCUT2D eigenvalue weighted by atomic mass is 10.1. The number of benzene rings is 1. The van der Waals surface area contributed by atoms with Gasteiger partial charge in [0.15, 0.2) is 5.82 Å². The van der Waals surface area contributed by atoms with Crippen molar-refractivity contribution in [3.63, 3.8) is 0 Å². The van der Waals surface area contributed by atoms with Crippen LogP contribution in [0.3, 0.4) is 0 Å². The molecule has 4 heteroatoms. The Labute approximate surface area is 124 Å².